The molecule has 148 valence electrons. The Hall–Kier alpha value is -3.37. The average Bonchev–Trinajstić information content (AvgIpc) is 2.72. The number of hydrogen-bond acceptors (Lipinski definition) is 4. The van der Waals surface area contributed by atoms with Gasteiger partial charge in [0.05, 0.1) is 29.3 Å². The second-order valence-electron chi connectivity index (χ2n) is 6.56. The molecule has 1 amide bonds. The minimum absolute atomic E-state index is 0.332. The highest BCUT2D eigenvalue weighted by molar-refractivity contribution is 7.92. The number of nitrogens with zero attached hydrogens (tertiary/aromatic N) is 3. The number of sulfonamides is 1. The molecule has 0 aliphatic heterocycles. The van der Waals surface area contributed by atoms with Crippen molar-refractivity contribution in [2.75, 3.05) is 28.6 Å². The minimum Gasteiger partial charge on any atom is -0.311 e. The Bertz CT molecular complexity index is 1180. The summed E-state index contributed by atoms with van der Waals surface area (Å²) in [4.78, 5) is 14.7. The summed E-state index contributed by atoms with van der Waals surface area (Å²) in [5, 5.41) is 10.9. The summed E-state index contributed by atoms with van der Waals surface area (Å²) in [5.74, 6) is -0.335. The molecule has 6 nitrogen and oxygen atoms in total. The highest BCUT2D eigenvalue weighted by Crippen LogP contribution is 2.27. The third kappa shape index (κ3) is 4.39. The molecule has 0 aromatic heterocycles. The van der Waals surface area contributed by atoms with Gasteiger partial charge in [0.1, 0.15) is 6.54 Å². The lowest BCUT2D eigenvalue weighted by molar-refractivity contribution is -0.117. The number of amides is 1. The molecule has 0 heterocycles. The zero-order chi connectivity index (χ0) is 21.0. The normalized spacial score (nSPS) is 11.1. The first-order valence-electron chi connectivity index (χ1n) is 9.11. The Morgan fingerprint density at radius 1 is 1.00 bits per heavy atom. The smallest absolute Gasteiger partial charge is 0.247 e. The van der Waals surface area contributed by atoms with Gasteiger partial charge in [-0.15, -0.1) is 0 Å². The summed E-state index contributed by atoms with van der Waals surface area (Å²) in [6, 6.07) is 21.6. The maximum absolute atomic E-state index is 13.1. The Balaban J connectivity index is 1.96. The molecular formula is C22H21N3O3S. The maximum Gasteiger partial charge on any atom is 0.247 e. The molecule has 0 atom stereocenters. The zero-order valence-corrected chi connectivity index (χ0v) is 17.1. The summed E-state index contributed by atoms with van der Waals surface area (Å²) in [5.41, 5.74) is 1.50. The van der Waals surface area contributed by atoms with E-state index in [0.29, 0.717) is 17.8 Å². The summed E-state index contributed by atoms with van der Waals surface area (Å²) in [7, 11) is -3.70. The first-order chi connectivity index (χ1) is 13.8. The topological polar surface area (TPSA) is 81.5 Å². The van der Waals surface area contributed by atoms with Crippen LogP contribution in [0.1, 0.15) is 12.5 Å². The second kappa shape index (κ2) is 8.33. The number of carbonyl (C=O) groups excluding carboxylic acids is 1. The van der Waals surface area contributed by atoms with E-state index in [1.54, 1.807) is 4.90 Å². The van der Waals surface area contributed by atoms with Crippen LogP contribution in [-0.4, -0.2) is 33.7 Å². The lowest BCUT2D eigenvalue weighted by Crippen LogP contribution is -2.43. The highest BCUT2D eigenvalue weighted by atomic mass is 32.2. The van der Waals surface area contributed by atoms with Crippen molar-refractivity contribution in [3.63, 3.8) is 0 Å². The monoisotopic (exact) mass is 407 g/mol. The molecule has 3 rings (SSSR count). The van der Waals surface area contributed by atoms with Gasteiger partial charge in [-0.25, -0.2) is 8.42 Å². The largest absolute Gasteiger partial charge is 0.311 e. The number of nitriles is 1. The molecule has 0 N–H and O–H groups in total. The molecule has 0 saturated heterocycles. The molecule has 0 radical (unpaired) electrons. The van der Waals surface area contributed by atoms with Crippen molar-refractivity contribution in [1.29, 1.82) is 5.26 Å². The average molecular weight is 407 g/mol. The molecule has 0 saturated carbocycles. The fraction of sp³-hybridized carbons (Fsp3) is 0.182. The van der Waals surface area contributed by atoms with Crippen LogP contribution in [0.2, 0.25) is 0 Å². The van der Waals surface area contributed by atoms with E-state index in [1.165, 1.54) is 24.3 Å². The van der Waals surface area contributed by atoms with E-state index < -0.39 is 10.0 Å². The summed E-state index contributed by atoms with van der Waals surface area (Å²) < 4.78 is 25.8. The van der Waals surface area contributed by atoms with Crippen LogP contribution < -0.4 is 9.21 Å². The standard InChI is InChI=1S/C22H21N3O3S/c1-3-24(21-10-6-8-18-7-4-5-9-20(18)21)22(26)16-25(29(2,27)28)19-13-11-17(15-23)12-14-19/h4-14H,3,16H2,1-2H3. The van der Waals surface area contributed by atoms with Crippen LogP contribution in [0, 0.1) is 11.3 Å². The van der Waals surface area contributed by atoms with E-state index in [0.717, 1.165) is 27.0 Å². The van der Waals surface area contributed by atoms with E-state index >= 15 is 0 Å². The molecular weight excluding hydrogens is 386 g/mol. The van der Waals surface area contributed by atoms with Gasteiger partial charge in [0.25, 0.3) is 0 Å². The van der Waals surface area contributed by atoms with Crippen LogP contribution in [-0.2, 0) is 14.8 Å². The third-order valence-electron chi connectivity index (χ3n) is 4.64. The fourth-order valence-corrected chi connectivity index (χ4v) is 4.08. The summed E-state index contributed by atoms with van der Waals surface area (Å²) in [6.07, 6.45) is 1.06. The van der Waals surface area contributed by atoms with Crippen LogP contribution in [0.5, 0.6) is 0 Å². The molecule has 29 heavy (non-hydrogen) atoms. The molecule has 0 aliphatic carbocycles. The number of benzene rings is 3. The molecule has 3 aromatic carbocycles. The van der Waals surface area contributed by atoms with Crippen LogP contribution in [0.4, 0.5) is 11.4 Å². The van der Waals surface area contributed by atoms with Crippen molar-refractivity contribution in [3.8, 4) is 6.07 Å². The molecule has 0 spiro atoms. The van der Waals surface area contributed by atoms with E-state index in [-0.39, 0.29) is 12.5 Å². The Labute approximate surface area is 170 Å². The van der Waals surface area contributed by atoms with Crippen LogP contribution >= 0.6 is 0 Å². The minimum atomic E-state index is -3.70. The van der Waals surface area contributed by atoms with Gasteiger partial charge in [0, 0.05) is 11.9 Å². The number of hydrogen-bond donors (Lipinski definition) is 0. The van der Waals surface area contributed by atoms with E-state index in [4.69, 9.17) is 5.26 Å². The van der Waals surface area contributed by atoms with Gasteiger partial charge in [-0.05, 0) is 42.6 Å². The summed E-state index contributed by atoms with van der Waals surface area (Å²) >= 11 is 0. The van der Waals surface area contributed by atoms with Crippen molar-refractivity contribution in [2.45, 2.75) is 6.92 Å². The fourth-order valence-electron chi connectivity index (χ4n) is 3.24. The van der Waals surface area contributed by atoms with Gasteiger partial charge < -0.3 is 4.90 Å². The van der Waals surface area contributed by atoms with Crippen LogP contribution in [0.3, 0.4) is 0 Å². The molecule has 7 heteroatoms. The van der Waals surface area contributed by atoms with Crippen molar-refractivity contribution in [3.05, 3.63) is 72.3 Å². The first kappa shape index (κ1) is 20.4. The highest BCUT2D eigenvalue weighted by Gasteiger charge is 2.25. The van der Waals surface area contributed by atoms with Gasteiger partial charge in [0.2, 0.25) is 15.9 Å². The maximum atomic E-state index is 13.1. The Kier molecular flexibility index (Phi) is 5.85. The molecule has 3 aromatic rings. The zero-order valence-electron chi connectivity index (χ0n) is 16.2. The van der Waals surface area contributed by atoms with Crippen molar-refractivity contribution in [1.82, 2.24) is 0 Å². The van der Waals surface area contributed by atoms with Gasteiger partial charge >= 0.3 is 0 Å². The van der Waals surface area contributed by atoms with E-state index in [9.17, 15) is 13.2 Å². The lowest BCUT2D eigenvalue weighted by Gasteiger charge is -2.27. The van der Waals surface area contributed by atoms with Crippen molar-refractivity contribution < 1.29 is 13.2 Å². The molecule has 0 fully saturated rings. The van der Waals surface area contributed by atoms with Crippen molar-refractivity contribution in [2.24, 2.45) is 0 Å². The van der Waals surface area contributed by atoms with E-state index in [2.05, 4.69) is 0 Å². The predicted molar refractivity (Wildman–Crippen MR) is 115 cm³/mol. The van der Waals surface area contributed by atoms with Gasteiger partial charge in [-0.1, -0.05) is 36.4 Å². The number of fused-ring (bicyclic) bond motifs is 1. The lowest BCUT2D eigenvalue weighted by atomic mass is 10.1. The molecule has 0 unspecified atom stereocenters. The number of rotatable bonds is 6. The van der Waals surface area contributed by atoms with Gasteiger partial charge in [-0.2, -0.15) is 5.26 Å². The van der Waals surface area contributed by atoms with Crippen LogP contribution in [0.15, 0.2) is 66.7 Å². The number of likely N-dealkylation sites (N-methyl/N-ethyl adjacent to an activating group) is 1. The van der Waals surface area contributed by atoms with E-state index in [1.807, 2.05) is 55.5 Å². The SMILES string of the molecule is CCN(C(=O)CN(c1ccc(C#N)cc1)S(C)(=O)=O)c1cccc2ccccc12. The Morgan fingerprint density at radius 2 is 1.66 bits per heavy atom. The van der Waals surface area contributed by atoms with Crippen LogP contribution in [0.25, 0.3) is 10.8 Å². The first-order valence-corrected chi connectivity index (χ1v) is 11.0. The molecule has 0 bridgehead atoms. The number of anilines is 2. The Morgan fingerprint density at radius 3 is 2.28 bits per heavy atom. The van der Waals surface area contributed by atoms with Crippen molar-refractivity contribution >= 4 is 38.1 Å². The third-order valence-corrected chi connectivity index (χ3v) is 5.78. The van der Waals surface area contributed by atoms with Gasteiger partial charge in [0.15, 0.2) is 0 Å². The molecule has 0 aliphatic rings. The predicted octanol–water partition coefficient (Wildman–Crippen LogP) is 3.53. The number of carbonyl (C=O) groups is 1. The summed E-state index contributed by atoms with van der Waals surface area (Å²) in [6.45, 7) is 1.92. The quantitative estimate of drug-likeness (QED) is 0.626. The van der Waals surface area contributed by atoms with Gasteiger partial charge in [-0.3, -0.25) is 9.10 Å². The second-order valence-corrected chi connectivity index (χ2v) is 8.47.